The molecular weight excluding hydrogens is 1560 g/mol. The van der Waals surface area contributed by atoms with Gasteiger partial charge in [-0.15, -0.1) is 0 Å². The number of hydrogen-bond acceptors (Lipinski definition) is 21. The number of carboxylic acid groups (broad SMARTS) is 2. The lowest BCUT2D eigenvalue weighted by molar-refractivity contribution is -0.170. The average molecular weight is 1660 g/mol. The van der Waals surface area contributed by atoms with Crippen molar-refractivity contribution in [3.63, 3.8) is 0 Å². The number of likely N-dealkylation sites (tertiary alicyclic amines) is 4. The summed E-state index contributed by atoms with van der Waals surface area (Å²) in [5, 5.41) is 33.1. The van der Waals surface area contributed by atoms with E-state index in [0.717, 1.165) is 31.9 Å². The number of H-pyrrole nitrogens is 1. The number of aromatic nitrogens is 4. The van der Waals surface area contributed by atoms with E-state index in [0.29, 0.717) is 29.1 Å². The van der Waals surface area contributed by atoms with E-state index in [4.69, 9.17) is 50.2 Å². The van der Waals surface area contributed by atoms with Crippen molar-refractivity contribution in [3.8, 4) is 0 Å². The Labute approximate surface area is 668 Å². The second-order valence-electron chi connectivity index (χ2n) is 32.0. The highest BCUT2D eigenvalue weighted by Crippen LogP contribution is 2.44. The number of anilines is 1. The predicted molar refractivity (Wildman–Crippen MR) is 399 cm³/mol. The average Bonchev–Trinajstić information content (AvgIpc) is 1.59. The van der Waals surface area contributed by atoms with E-state index in [1.165, 1.54) is 29.8 Å². The van der Waals surface area contributed by atoms with Gasteiger partial charge in [0.15, 0.2) is 0 Å². The Morgan fingerprint density at radius 1 is 0.552 bits per heavy atom. The van der Waals surface area contributed by atoms with E-state index in [1.54, 1.807) is 107 Å². The van der Waals surface area contributed by atoms with Crippen LogP contribution in [0.3, 0.4) is 0 Å². The van der Waals surface area contributed by atoms with Crippen LogP contribution in [-0.4, -0.2) is 231 Å². The minimum absolute atomic E-state index is 0.0101. The van der Waals surface area contributed by atoms with Crippen molar-refractivity contribution >= 4 is 94.7 Å². The fourth-order valence-electron chi connectivity index (χ4n) is 12.5. The van der Waals surface area contributed by atoms with Crippen molar-refractivity contribution in [1.29, 1.82) is 0 Å². The molecule has 9 atom stereocenters. The molecule has 5 aromatic rings. The molecule has 11 rings (SSSR count). The monoisotopic (exact) mass is 1660 g/mol. The smallest absolute Gasteiger partial charge is 0.411 e. The number of halogens is 7. The lowest BCUT2D eigenvalue weighted by Gasteiger charge is -2.27. The Balaban J connectivity index is 0.000000206. The number of carbonyl (C=O) groups is 13. The predicted octanol–water partition coefficient (Wildman–Crippen LogP) is 9.70. The van der Waals surface area contributed by atoms with Crippen molar-refractivity contribution in [3.05, 3.63) is 135 Å². The summed E-state index contributed by atoms with van der Waals surface area (Å²) in [6.45, 7) is 20.2. The first kappa shape index (κ1) is 92.0. The van der Waals surface area contributed by atoms with E-state index in [9.17, 15) is 88.7 Å². The number of ketones is 1. The van der Waals surface area contributed by atoms with E-state index >= 15 is 0 Å². The summed E-state index contributed by atoms with van der Waals surface area (Å²) in [5.41, 5.74) is -0.914. The van der Waals surface area contributed by atoms with Crippen LogP contribution in [0.2, 0.25) is 5.02 Å². The van der Waals surface area contributed by atoms with Crippen LogP contribution >= 0.6 is 11.6 Å². The number of aliphatic carboxylic acids is 2. The molecular formula is C78H95ClF6N10O21. The van der Waals surface area contributed by atoms with Crippen LogP contribution in [0.15, 0.2) is 85.1 Å². The molecule has 6 aliphatic rings. The number of Topliss-reactive ketones (excluding diaryl/α,β-unsaturated/α-hetero) is 1. The van der Waals surface area contributed by atoms with Gasteiger partial charge in [0, 0.05) is 43.5 Å². The largest absolute Gasteiger partial charge is 0.480 e. The number of nitrogens with one attached hydrogen (secondary N) is 3. The number of carboxylic acids is 2. The molecule has 1 aliphatic carbocycles. The number of esters is 4. The molecule has 6 amide bonds. The zero-order valence-corrected chi connectivity index (χ0v) is 66.9. The van der Waals surface area contributed by atoms with Crippen LogP contribution in [0, 0.1) is 12.7 Å². The van der Waals surface area contributed by atoms with Crippen LogP contribution in [0.1, 0.15) is 171 Å². The van der Waals surface area contributed by atoms with E-state index in [1.807, 2.05) is 36.4 Å². The van der Waals surface area contributed by atoms with Crippen LogP contribution < -0.4 is 10.6 Å². The van der Waals surface area contributed by atoms with Gasteiger partial charge < -0.3 is 63.6 Å². The van der Waals surface area contributed by atoms with Crippen molar-refractivity contribution < 1.29 is 127 Å². The Morgan fingerprint density at radius 3 is 1.36 bits per heavy atom. The molecule has 2 aromatic heterocycles. The lowest BCUT2D eigenvalue weighted by Crippen LogP contribution is -2.46. The zero-order chi connectivity index (χ0) is 86.4. The maximum atomic E-state index is 14.3. The molecule has 4 saturated heterocycles. The maximum absolute atomic E-state index is 14.3. The number of carbonyl (C=O) groups excluding carboxylic acids is 11. The minimum atomic E-state index is -1.43. The highest BCUT2D eigenvalue weighted by molar-refractivity contribution is 6.44. The third-order valence-corrected chi connectivity index (χ3v) is 18.0. The van der Waals surface area contributed by atoms with Gasteiger partial charge in [-0.05, 0) is 138 Å². The van der Waals surface area contributed by atoms with Crippen molar-refractivity contribution in [1.82, 2.24) is 44.9 Å². The molecule has 632 valence electrons. The summed E-state index contributed by atoms with van der Waals surface area (Å²) in [6.07, 6.45) is -6.29. The first-order valence-corrected chi connectivity index (χ1v) is 37.2. The SMILES string of the molecule is CC(C)(C)OC(=O)C(=O)N1C[C@H](F)C[C@H]1C(=O)O.CC(C)(C)OC(=O)C(=O)N1C[C@H](F)C[C@H]1C(=O)OCc1ccccc1.CC(C)(C)OC(=O)N1C[C@H](F)C[C@H]1C(=O)O.CC(C)(C)OC(=O)N1C[C@H](F)C[C@H]1C(=O)OCc1ccccc1.Cc1c(C(=O)C(=O)NC2(c3cn[nH]n3)CC2)c2n(c1C(=O)Nc1ccc(F)c(Cl)c1)C[C@H](F)C2. The van der Waals surface area contributed by atoms with Gasteiger partial charge in [0.2, 0.25) is 0 Å². The number of amides is 6. The molecule has 5 aliphatic heterocycles. The van der Waals surface area contributed by atoms with E-state index < -0.39 is 173 Å². The van der Waals surface area contributed by atoms with Crippen LogP contribution in [-0.2, 0) is 103 Å². The molecule has 116 heavy (non-hydrogen) atoms. The number of nitrogens with zero attached hydrogens (tertiary/aromatic N) is 7. The van der Waals surface area contributed by atoms with Gasteiger partial charge in [-0.2, -0.15) is 15.4 Å². The summed E-state index contributed by atoms with van der Waals surface area (Å²) in [7, 11) is 0. The van der Waals surface area contributed by atoms with E-state index in [2.05, 4.69) is 26.0 Å². The molecule has 0 bridgehead atoms. The van der Waals surface area contributed by atoms with Gasteiger partial charge >= 0.3 is 59.8 Å². The number of benzene rings is 3. The zero-order valence-electron chi connectivity index (χ0n) is 66.1. The Bertz CT molecular complexity index is 4410. The fraction of sp³-hybridized carbons (Fsp3) is 0.526. The summed E-state index contributed by atoms with van der Waals surface area (Å²) >= 11 is 5.78. The van der Waals surface area contributed by atoms with Gasteiger partial charge in [-0.1, -0.05) is 72.3 Å². The topological polar surface area (TPSA) is 401 Å². The van der Waals surface area contributed by atoms with Crippen LogP contribution in [0.25, 0.3) is 0 Å². The molecule has 0 unspecified atom stereocenters. The third-order valence-electron chi connectivity index (χ3n) is 17.7. The highest BCUT2D eigenvalue weighted by atomic mass is 35.5. The van der Waals surface area contributed by atoms with E-state index in [-0.39, 0.29) is 99.0 Å². The Hall–Kier alpha value is -11.1. The lowest BCUT2D eigenvalue weighted by atomic mass is 10.0. The fourth-order valence-corrected chi connectivity index (χ4v) is 12.7. The summed E-state index contributed by atoms with van der Waals surface area (Å²) in [5.74, 6) is -11.3. The van der Waals surface area contributed by atoms with Gasteiger partial charge in [0.05, 0.1) is 55.0 Å². The first-order valence-electron chi connectivity index (χ1n) is 36.8. The summed E-state index contributed by atoms with van der Waals surface area (Å²) in [4.78, 5) is 160. The van der Waals surface area contributed by atoms with Crippen molar-refractivity contribution in [2.24, 2.45) is 0 Å². The minimum Gasteiger partial charge on any atom is -0.480 e. The van der Waals surface area contributed by atoms with Gasteiger partial charge in [0.1, 0.15) is 108 Å². The van der Waals surface area contributed by atoms with Gasteiger partial charge in [0.25, 0.3) is 17.6 Å². The molecule has 31 nitrogen and oxygen atoms in total. The quantitative estimate of drug-likeness (QED) is 0.0227. The molecule has 7 heterocycles. The van der Waals surface area contributed by atoms with Crippen LogP contribution in [0.5, 0.6) is 0 Å². The Kier molecular flexibility index (Phi) is 30.6. The second-order valence-corrected chi connectivity index (χ2v) is 32.4. The number of hydrogen-bond donors (Lipinski definition) is 5. The molecule has 0 radical (unpaired) electrons. The molecule has 5 fully saturated rings. The standard InChI is InChI=1S/C22H19ClF2N6O3.C18H22FNO5.C17H22FNO4.C11H16FNO5.C10H16FNO4/c1-10-17(19(32)21(34)28-22(4-5-22)16-8-26-30-29-16)15-6-11(24)9-31(15)18(10)20(33)27-12-2-3-14(25)13(23)7-12;1-18(2,3)25-17(23)15(21)20-10-13(19)9-14(20)16(22)24-11-12-7-5-4-6-8-12;1-17(2,3)23-16(21)19-10-13(18)9-14(19)15(20)22-11-12-7-5-4-6-8-12;1-11(2,3)18-10(17)8(14)13-5-6(12)4-7(13)9(15)16;1-10(2,3)16-9(15)12-5-6(11)4-7(12)8(13)14/h2-3,7-8,11H,4-6,9H2,1H3,(H,27,33)(H,28,34)(H,26,29,30);4-8,13-14H,9-11H2,1-3H3;4-8,13-14H,9-11H2,1-3H3;6-7H,4-5H2,1-3H3,(H,15,16);6-7H,4-5H2,1-3H3,(H,13,14)/t11-;2*13-,14+;2*6-,7+/m11111/s1. The maximum Gasteiger partial charge on any atom is 0.411 e. The molecule has 0 spiro atoms. The summed E-state index contributed by atoms with van der Waals surface area (Å²) < 4.78 is 113. The molecule has 5 N–H and O–H groups in total. The molecule has 3 aromatic carbocycles. The molecule has 1 saturated carbocycles. The van der Waals surface area contributed by atoms with Crippen molar-refractivity contribution in [2.75, 3.05) is 31.5 Å². The highest BCUT2D eigenvalue weighted by Gasteiger charge is 2.51. The van der Waals surface area contributed by atoms with Gasteiger partial charge in [-0.3, -0.25) is 33.8 Å². The van der Waals surface area contributed by atoms with Gasteiger partial charge in [-0.25, -0.2) is 64.7 Å². The Morgan fingerprint density at radius 2 is 0.957 bits per heavy atom. The van der Waals surface area contributed by atoms with Crippen LogP contribution in [0.4, 0.5) is 41.6 Å². The number of alkyl halides is 5. The number of rotatable bonds is 14. The third kappa shape index (κ3) is 25.9. The second kappa shape index (κ2) is 38.5. The normalized spacial score (nSPS) is 21.0. The van der Waals surface area contributed by atoms with Crippen molar-refractivity contribution in [2.45, 2.75) is 238 Å². The number of ether oxygens (including phenoxy) is 6. The number of fused-ring (bicyclic) bond motifs is 1. The summed E-state index contributed by atoms with van der Waals surface area (Å²) in [6, 6.07) is 17.4. The first-order chi connectivity index (χ1) is 53.9. The molecule has 38 heteroatoms. The number of aromatic amines is 1.